The highest BCUT2D eigenvalue weighted by atomic mass is 16.5. The molecule has 102 valence electrons. The average Bonchev–Trinajstić information content (AvgIpc) is 2.42. The van der Waals surface area contributed by atoms with Gasteiger partial charge in [0, 0.05) is 18.8 Å². The molecule has 4 nitrogen and oxygen atoms in total. The number of carbonyl (C=O) groups excluding carboxylic acids is 1. The first-order valence-corrected chi connectivity index (χ1v) is 6.27. The maximum absolute atomic E-state index is 11.8. The van der Waals surface area contributed by atoms with Gasteiger partial charge in [0.1, 0.15) is 5.78 Å². The van der Waals surface area contributed by atoms with Crippen LogP contribution in [0, 0.1) is 5.92 Å². The molecule has 0 saturated carbocycles. The van der Waals surface area contributed by atoms with Crippen molar-refractivity contribution in [3.63, 3.8) is 0 Å². The molecular formula is C15H18O4. The van der Waals surface area contributed by atoms with Gasteiger partial charge in [-0.05, 0) is 30.2 Å². The minimum Gasteiger partial charge on any atom is -0.513 e. The number of ether oxygens (including phenoxy) is 2. The van der Waals surface area contributed by atoms with Gasteiger partial charge in [-0.3, -0.25) is 4.79 Å². The van der Waals surface area contributed by atoms with Crippen molar-refractivity contribution in [2.45, 2.75) is 19.3 Å². The molecule has 0 heterocycles. The van der Waals surface area contributed by atoms with Crippen LogP contribution in [0.25, 0.3) is 0 Å². The quantitative estimate of drug-likeness (QED) is 0.906. The highest BCUT2D eigenvalue weighted by molar-refractivity contribution is 5.84. The second kappa shape index (κ2) is 5.78. The van der Waals surface area contributed by atoms with Gasteiger partial charge in [0.15, 0.2) is 11.5 Å². The van der Waals surface area contributed by atoms with Gasteiger partial charge >= 0.3 is 0 Å². The summed E-state index contributed by atoms with van der Waals surface area (Å²) < 4.78 is 10.4. The Morgan fingerprint density at radius 2 is 1.95 bits per heavy atom. The van der Waals surface area contributed by atoms with Crippen LogP contribution in [0.1, 0.15) is 18.4 Å². The number of aliphatic hydroxyl groups excluding tert-OH is 1. The summed E-state index contributed by atoms with van der Waals surface area (Å²) in [7, 11) is 3.17. The van der Waals surface area contributed by atoms with E-state index < -0.39 is 0 Å². The van der Waals surface area contributed by atoms with E-state index in [0.29, 0.717) is 36.5 Å². The Morgan fingerprint density at radius 3 is 2.63 bits per heavy atom. The van der Waals surface area contributed by atoms with Crippen molar-refractivity contribution in [2.75, 3.05) is 14.2 Å². The topological polar surface area (TPSA) is 55.8 Å². The largest absolute Gasteiger partial charge is 0.513 e. The van der Waals surface area contributed by atoms with Crippen molar-refractivity contribution in [3.05, 3.63) is 35.6 Å². The van der Waals surface area contributed by atoms with E-state index in [1.807, 2.05) is 18.2 Å². The molecule has 19 heavy (non-hydrogen) atoms. The summed E-state index contributed by atoms with van der Waals surface area (Å²) in [4.78, 5) is 11.8. The van der Waals surface area contributed by atoms with Crippen molar-refractivity contribution < 1.29 is 19.4 Å². The molecule has 0 aliphatic heterocycles. The van der Waals surface area contributed by atoms with Crippen LogP contribution in [0.3, 0.4) is 0 Å². The Bertz CT molecular complexity index is 505. The highest BCUT2D eigenvalue weighted by Gasteiger charge is 2.22. The number of rotatable bonds is 4. The lowest BCUT2D eigenvalue weighted by Gasteiger charge is -2.18. The number of carbonyl (C=O) groups is 1. The van der Waals surface area contributed by atoms with Crippen LogP contribution < -0.4 is 9.47 Å². The van der Waals surface area contributed by atoms with Gasteiger partial charge in [-0.2, -0.15) is 0 Å². The molecular weight excluding hydrogens is 244 g/mol. The zero-order valence-corrected chi connectivity index (χ0v) is 11.2. The molecule has 1 atom stereocenters. The van der Waals surface area contributed by atoms with E-state index in [0.717, 1.165) is 5.56 Å². The Labute approximate surface area is 112 Å². The number of ketones is 1. The molecule has 0 amide bonds. The highest BCUT2D eigenvalue weighted by Crippen LogP contribution is 2.30. The molecule has 1 aromatic carbocycles. The number of benzene rings is 1. The summed E-state index contributed by atoms with van der Waals surface area (Å²) in [5.41, 5.74) is 0.988. The lowest BCUT2D eigenvalue weighted by atomic mass is 9.88. The predicted octanol–water partition coefficient (Wildman–Crippen LogP) is 2.67. The van der Waals surface area contributed by atoms with Crippen LogP contribution >= 0.6 is 0 Å². The van der Waals surface area contributed by atoms with Crippen LogP contribution in [0.2, 0.25) is 0 Å². The zero-order chi connectivity index (χ0) is 13.8. The number of aliphatic hydroxyl groups is 1. The van der Waals surface area contributed by atoms with Gasteiger partial charge in [-0.1, -0.05) is 6.07 Å². The fourth-order valence-electron chi connectivity index (χ4n) is 2.28. The minimum atomic E-state index is -0.244. The van der Waals surface area contributed by atoms with Crippen molar-refractivity contribution >= 4 is 5.78 Å². The van der Waals surface area contributed by atoms with E-state index in [9.17, 15) is 9.90 Å². The fraction of sp³-hybridized carbons (Fsp3) is 0.400. The Hall–Kier alpha value is -1.97. The molecule has 0 aromatic heterocycles. The van der Waals surface area contributed by atoms with Gasteiger partial charge in [-0.25, -0.2) is 0 Å². The van der Waals surface area contributed by atoms with Gasteiger partial charge in [0.2, 0.25) is 0 Å². The lowest BCUT2D eigenvalue weighted by Crippen LogP contribution is -2.19. The third kappa shape index (κ3) is 3.08. The number of hydrogen-bond donors (Lipinski definition) is 1. The smallest absolute Gasteiger partial charge is 0.160 e. The summed E-state index contributed by atoms with van der Waals surface area (Å²) in [5.74, 6) is 1.56. The van der Waals surface area contributed by atoms with Crippen molar-refractivity contribution in [1.82, 2.24) is 0 Å². The standard InChI is InChI=1S/C15H18O4/c1-18-14-6-3-10(8-15(14)19-2)7-11-9-12(16)4-5-13(11)17/h3,6,8-9,11,16H,4-5,7H2,1-2H3. The first kappa shape index (κ1) is 13.5. The van der Waals surface area contributed by atoms with Crippen LogP contribution in [0.15, 0.2) is 30.0 Å². The minimum absolute atomic E-state index is 0.174. The van der Waals surface area contributed by atoms with E-state index in [1.54, 1.807) is 20.3 Å². The molecule has 1 N–H and O–H groups in total. The van der Waals surface area contributed by atoms with Crippen LogP contribution in [-0.4, -0.2) is 25.1 Å². The van der Waals surface area contributed by atoms with E-state index in [4.69, 9.17) is 9.47 Å². The molecule has 4 heteroatoms. The first-order valence-electron chi connectivity index (χ1n) is 6.27. The van der Waals surface area contributed by atoms with Gasteiger partial charge in [0.05, 0.1) is 20.0 Å². The number of hydrogen-bond acceptors (Lipinski definition) is 4. The maximum atomic E-state index is 11.8. The van der Waals surface area contributed by atoms with Crippen LogP contribution in [-0.2, 0) is 11.2 Å². The maximum Gasteiger partial charge on any atom is 0.160 e. The van der Waals surface area contributed by atoms with Gasteiger partial charge < -0.3 is 14.6 Å². The van der Waals surface area contributed by atoms with Gasteiger partial charge in [0.25, 0.3) is 0 Å². The molecule has 0 bridgehead atoms. The van der Waals surface area contributed by atoms with E-state index in [-0.39, 0.29) is 11.7 Å². The summed E-state index contributed by atoms with van der Waals surface area (Å²) in [6.07, 6.45) is 3.10. The molecule has 0 radical (unpaired) electrons. The van der Waals surface area contributed by atoms with Crippen molar-refractivity contribution in [3.8, 4) is 11.5 Å². The normalized spacial score (nSPS) is 18.9. The number of allylic oxidation sites excluding steroid dienone is 2. The fourth-order valence-corrected chi connectivity index (χ4v) is 2.28. The molecule has 1 aromatic rings. The zero-order valence-electron chi connectivity index (χ0n) is 11.2. The molecule has 0 fully saturated rings. The summed E-state index contributed by atoms with van der Waals surface area (Å²) in [6.45, 7) is 0. The first-order chi connectivity index (χ1) is 9.13. The van der Waals surface area contributed by atoms with E-state index in [2.05, 4.69) is 0 Å². The van der Waals surface area contributed by atoms with Crippen molar-refractivity contribution in [1.29, 1.82) is 0 Å². The third-order valence-corrected chi connectivity index (χ3v) is 3.34. The summed E-state index contributed by atoms with van der Waals surface area (Å²) >= 11 is 0. The van der Waals surface area contributed by atoms with Crippen LogP contribution in [0.4, 0.5) is 0 Å². The van der Waals surface area contributed by atoms with E-state index >= 15 is 0 Å². The molecule has 1 aliphatic carbocycles. The Morgan fingerprint density at radius 1 is 1.21 bits per heavy atom. The molecule has 2 rings (SSSR count). The van der Waals surface area contributed by atoms with Gasteiger partial charge in [-0.15, -0.1) is 0 Å². The monoisotopic (exact) mass is 262 g/mol. The predicted molar refractivity (Wildman–Crippen MR) is 71.7 cm³/mol. The molecule has 1 aliphatic rings. The third-order valence-electron chi connectivity index (χ3n) is 3.34. The summed E-state index contributed by atoms with van der Waals surface area (Å²) in [5, 5.41) is 9.52. The second-order valence-electron chi connectivity index (χ2n) is 4.62. The molecule has 1 unspecified atom stereocenters. The summed E-state index contributed by atoms with van der Waals surface area (Å²) in [6, 6.07) is 5.60. The lowest BCUT2D eigenvalue weighted by molar-refractivity contribution is -0.122. The Kier molecular flexibility index (Phi) is 4.10. The second-order valence-corrected chi connectivity index (χ2v) is 4.62. The SMILES string of the molecule is COc1ccc(CC2C=C(O)CCC2=O)cc1OC. The Balaban J connectivity index is 2.19. The molecule has 0 saturated heterocycles. The van der Waals surface area contributed by atoms with E-state index in [1.165, 1.54) is 0 Å². The average molecular weight is 262 g/mol. The number of Topliss-reactive ketones (excluding diaryl/α,β-unsaturated/α-hetero) is 1. The number of methoxy groups -OCH3 is 2. The van der Waals surface area contributed by atoms with Crippen molar-refractivity contribution in [2.24, 2.45) is 5.92 Å². The van der Waals surface area contributed by atoms with Crippen LogP contribution in [0.5, 0.6) is 11.5 Å². The molecule has 0 spiro atoms.